The average Bonchev–Trinajstić information content (AvgIpc) is 3.22. The van der Waals surface area contributed by atoms with Gasteiger partial charge in [-0.3, -0.25) is 0 Å². The summed E-state index contributed by atoms with van der Waals surface area (Å²) in [5, 5.41) is 0. The van der Waals surface area contributed by atoms with E-state index in [-0.39, 0.29) is 0 Å². The summed E-state index contributed by atoms with van der Waals surface area (Å²) >= 11 is 0. The summed E-state index contributed by atoms with van der Waals surface area (Å²) in [5.74, 6) is 2.79. The van der Waals surface area contributed by atoms with Crippen molar-refractivity contribution in [2.24, 2.45) is 0 Å². The van der Waals surface area contributed by atoms with Gasteiger partial charge in [-0.2, -0.15) is 0 Å². The van der Waals surface area contributed by atoms with Crippen LogP contribution in [0.5, 0.6) is 0 Å². The van der Waals surface area contributed by atoms with Gasteiger partial charge in [0.1, 0.15) is 11.5 Å². The predicted molar refractivity (Wildman–Crippen MR) is 121 cm³/mol. The van der Waals surface area contributed by atoms with Gasteiger partial charge in [0, 0.05) is 31.4 Å². The minimum Gasteiger partial charge on any atom is -0.378 e. The van der Waals surface area contributed by atoms with E-state index in [0.717, 1.165) is 48.0 Å². The molecule has 1 fully saturated rings. The summed E-state index contributed by atoms with van der Waals surface area (Å²) in [4.78, 5) is 26.0. The molecule has 0 amide bonds. The number of benzene rings is 1. The lowest BCUT2D eigenvalue weighted by atomic mass is 10.2. The molecule has 1 aliphatic heterocycles. The molecule has 1 aromatic carbocycles. The van der Waals surface area contributed by atoms with Gasteiger partial charge in [-0.15, -0.1) is 0 Å². The van der Waals surface area contributed by atoms with Gasteiger partial charge in [0.25, 0.3) is 0 Å². The molecule has 0 saturated carbocycles. The lowest BCUT2D eigenvalue weighted by Gasteiger charge is -2.28. The van der Waals surface area contributed by atoms with Gasteiger partial charge in [-0.25, -0.2) is 24.9 Å². The van der Waals surface area contributed by atoms with E-state index in [9.17, 15) is 0 Å². The van der Waals surface area contributed by atoms with Crippen molar-refractivity contribution in [3.8, 4) is 22.9 Å². The zero-order valence-electron chi connectivity index (χ0n) is 17.4. The topological polar surface area (TPSA) is 81.8 Å². The van der Waals surface area contributed by atoms with Gasteiger partial charge < -0.3 is 14.2 Å². The second-order valence-electron chi connectivity index (χ2n) is 7.19. The molecule has 5 rings (SSSR count). The fraction of sp³-hybridized carbons (Fsp3) is 0.261. The number of rotatable bonds is 5. The predicted octanol–water partition coefficient (Wildman–Crippen LogP) is 3.45. The van der Waals surface area contributed by atoms with Crippen LogP contribution in [-0.2, 0) is 11.3 Å². The van der Waals surface area contributed by atoms with Crippen molar-refractivity contribution >= 4 is 23.1 Å². The first-order valence-electron chi connectivity index (χ1n) is 10.4. The van der Waals surface area contributed by atoms with Crippen LogP contribution in [0.1, 0.15) is 12.7 Å². The lowest BCUT2D eigenvalue weighted by molar-refractivity contribution is 0.122. The molecule has 0 aliphatic carbocycles. The highest BCUT2D eigenvalue weighted by atomic mass is 16.5. The summed E-state index contributed by atoms with van der Waals surface area (Å²) in [6, 6.07) is 11.7. The summed E-state index contributed by atoms with van der Waals surface area (Å²) in [5.41, 5.74) is 3.18. The standard InChI is InChI=1S/C23H23N7O/c1-3-18-26-19-22(29-12-14-31-15-13-29)27-21(28-23(19)30(18)4-2)17-10-11-24-20(25-17)16-8-6-5-7-9-16/h3,5-11H,1,4,12-15H2,2H3. The molecule has 3 aromatic heterocycles. The van der Waals surface area contributed by atoms with Crippen LogP contribution in [0.3, 0.4) is 0 Å². The summed E-state index contributed by atoms with van der Waals surface area (Å²) in [6.07, 6.45) is 3.51. The molecule has 0 spiro atoms. The molecule has 0 unspecified atom stereocenters. The first-order valence-corrected chi connectivity index (χ1v) is 10.4. The molecule has 0 radical (unpaired) electrons. The van der Waals surface area contributed by atoms with E-state index in [1.54, 1.807) is 12.3 Å². The summed E-state index contributed by atoms with van der Waals surface area (Å²) in [7, 11) is 0. The van der Waals surface area contributed by atoms with Crippen LogP contribution in [0.2, 0.25) is 0 Å². The van der Waals surface area contributed by atoms with Gasteiger partial charge in [0.15, 0.2) is 28.6 Å². The number of anilines is 1. The Morgan fingerprint density at radius 2 is 1.81 bits per heavy atom. The van der Waals surface area contributed by atoms with Crippen molar-refractivity contribution in [1.82, 2.24) is 29.5 Å². The number of aryl methyl sites for hydroxylation is 1. The quantitative estimate of drug-likeness (QED) is 0.496. The molecule has 0 bridgehead atoms. The third-order valence-electron chi connectivity index (χ3n) is 5.33. The maximum atomic E-state index is 5.54. The lowest BCUT2D eigenvalue weighted by Crippen LogP contribution is -2.37. The van der Waals surface area contributed by atoms with E-state index < -0.39 is 0 Å². The Balaban J connectivity index is 1.69. The first-order chi connectivity index (χ1) is 15.3. The zero-order valence-corrected chi connectivity index (χ0v) is 17.4. The minimum atomic E-state index is 0.554. The van der Waals surface area contributed by atoms with E-state index in [1.165, 1.54) is 0 Å². The number of hydrogen-bond donors (Lipinski definition) is 0. The van der Waals surface area contributed by atoms with Crippen molar-refractivity contribution in [3.63, 3.8) is 0 Å². The highest BCUT2D eigenvalue weighted by Gasteiger charge is 2.23. The van der Waals surface area contributed by atoms with Crippen LogP contribution in [0, 0.1) is 0 Å². The second kappa shape index (κ2) is 8.23. The van der Waals surface area contributed by atoms with Crippen molar-refractivity contribution < 1.29 is 4.74 Å². The molecule has 4 heterocycles. The second-order valence-corrected chi connectivity index (χ2v) is 7.19. The fourth-order valence-corrected chi connectivity index (χ4v) is 3.79. The molecule has 31 heavy (non-hydrogen) atoms. The molecule has 0 atom stereocenters. The molecule has 4 aromatic rings. The smallest absolute Gasteiger partial charge is 0.182 e. The first kappa shape index (κ1) is 19.3. The SMILES string of the molecule is C=Cc1nc2c(N3CCOCC3)nc(-c3ccnc(-c4ccccc4)n3)nc2n1CC. The molecule has 0 N–H and O–H groups in total. The van der Waals surface area contributed by atoms with Gasteiger partial charge in [-0.05, 0) is 19.1 Å². The van der Waals surface area contributed by atoms with E-state index in [4.69, 9.17) is 24.7 Å². The van der Waals surface area contributed by atoms with E-state index in [0.29, 0.717) is 30.6 Å². The van der Waals surface area contributed by atoms with Crippen molar-refractivity contribution in [2.45, 2.75) is 13.5 Å². The van der Waals surface area contributed by atoms with Crippen LogP contribution in [-0.4, -0.2) is 55.8 Å². The largest absolute Gasteiger partial charge is 0.378 e. The minimum absolute atomic E-state index is 0.554. The van der Waals surface area contributed by atoms with Crippen LogP contribution in [0.4, 0.5) is 5.82 Å². The molecular weight excluding hydrogens is 390 g/mol. The third-order valence-corrected chi connectivity index (χ3v) is 5.33. The van der Waals surface area contributed by atoms with Crippen molar-refractivity contribution in [1.29, 1.82) is 0 Å². The number of nitrogens with zero attached hydrogens (tertiary/aromatic N) is 7. The Hall–Kier alpha value is -3.65. The number of hydrogen-bond acceptors (Lipinski definition) is 7. The molecule has 1 saturated heterocycles. The number of fused-ring (bicyclic) bond motifs is 1. The van der Waals surface area contributed by atoms with Crippen LogP contribution in [0.15, 0.2) is 49.2 Å². The molecule has 156 valence electrons. The Labute approximate surface area is 180 Å². The van der Waals surface area contributed by atoms with E-state index in [2.05, 4.69) is 28.0 Å². The molecular formula is C23H23N7O. The molecule has 8 nitrogen and oxygen atoms in total. The Morgan fingerprint density at radius 1 is 1.00 bits per heavy atom. The number of morpholine rings is 1. The monoisotopic (exact) mass is 413 g/mol. The van der Waals surface area contributed by atoms with Crippen LogP contribution in [0.25, 0.3) is 40.1 Å². The average molecular weight is 413 g/mol. The third kappa shape index (κ3) is 3.55. The Morgan fingerprint density at radius 3 is 2.55 bits per heavy atom. The number of ether oxygens (including phenoxy) is 1. The van der Waals surface area contributed by atoms with Gasteiger partial charge in [0.05, 0.1) is 13.2 Å². The maximum absolute atomic E-state index is 5.54. The molecule has 1 aliphatic rings. The van der Waals surface area contributed by atoms with Gasteiger partial charge in [0.2, 0.25) is 0 Å². The van der Waals surface area contributed by atoms with Crippen LogP contribution >= 0.6 is 0 Å². The summed E-state index contributed by atoms with van der Waals surface area (Å²) < 4.78 is 7.59. The Bertz CT molecular complexity index is 1230. The van der Waals surface area contributed by atoms with Gasteiger partial charge in [-0.1, -0.05) is 36.9 Å². The highest BCUT2D eigenvalue weighted by molar-refractivity contribution is 5.87. The van der Waals surface area contributed by atoms with Crippen LogP contribution < -0.4 is 4.90 Å². The fourth-order valence-electron chi connectivity index (χ4n) is 3.79. The molecule has 8 heteroatoms. The van der Waals surface area contributed by atoms with Crippen molar-refractivity contribution in [3.05, 3.63) is 55.0 Å². The van der Waals surface area contributed by atoms with Crippen molar-refractivity contribution in [2.75, 3.05) is 31.2 Å². The normalized spacial score (nSPS) is 14.2. The Kier molecular flexibility index (Phi) is 5.13. The maximum Gasteiger partial charge on any atom is 0.182 e. The summed E-state index contributed by atoms with van der Waals surface area (Å²) in [6.45, 7) is 9.56. The highest BCUT2D eigenvalue weighted by Crippen LogP contribution is 2.29. The van der Waals surface area contributed by atoms with E-state index in [1.807, 2.05) is 36.4 Å². The van der Waals surface area contributed by atoms with E-state index >= 15 is 0 Å². The zero-order chi connectivity index (χ0) is 21.2. The van der Waals surface area contributed by atoms with Gasteiger partial charge >= 0.3 is 0 Å². The number of imidazole rings is 1. The number of aromatic nitrogens is 6.